The van der Waals surface area contributed by atoms with Crippen LogP contribution in [0.1, 0.15) is 186 Å². The van der Waals surface area contributed by atoms with Gasteiger partial charge < -0.3 is 19.7 Å². The van der Waals surface area contributed by atoms with Gasteiger partial charge in [0.15, 0.2) is 0 Å². The summed E-state index contributed by atoms with van der Waals surface area (Å²) in [5.74, 6) is 1.69. The maximum absolute atomic E-state index is 10.5. The van der Waals surface area contributed by atoms with Crippen LogP contribution in [0.25, 0.3) is 0 Å². The highest BCUT2D eigenvalue weighted by atomic mass is 16.5. The van der Waals surface area contributed by atoms with E-state index in [1.165, 1.54) is 141 Å². The Morgan fingerprint density at radius 3 is 1.24 bits per heavy atom. The number of ether oxygens (including phenoxy) is 2. The van der Waals surface area contributed by atoms with E-state index in [4.69, 9.17) is 9.47 Å². The minimum Gasteiger partial charge on any atom is -0.507 e. The summed E-state index contributed by atoms with van der Waals surface area (Å²) >= 11 is 0. The van der Waals surface area contributed by atoms with Crippen molar-refractivity contribution in [3.8, 4) is 23.0 Å². The van der Waals surface area contributed by atoms with E-state index in [1.54, 1.807) is 24.6 Å². The molecule has 2 aromatic rings. The summed E-state index contributed by atoms with van der Waals surface area (Å²) in [7, 11) is 0. The van der Waals surface area contributed by atoms with Crippen molar-refractivity contribution in [1.82, 2.24) is 0 Å². The number of hydrogen-bond donors (Lipinski definition) is 2. The van der Waals surface area contributed by atoms with Crippen LogP contribution < -0.4 is 9.47 Å². The summed E-state index contributed by atoms with van der Waals surface area (Å²) in [6.07, 6.45) is 35.0. The largest absolute Gasteiger partial charge is 0.507 e. The monoisotopic (exact) mass is 707 g/mol. The molecule has 0 amide bonds. The van der Waals surface area contributed by atoms with Gasteiger partial charge in [0.2, 0.25) is 0 Å². The molecule has 1 atom stereocenters. The maximum atomic E-state index is 10.5. The Labute approximate surface area is 312 Å². The van der Waals surface area contributed by atoms with Gasteiger partial charge in [-0.05, 0) is 44.0 Å². The quantitative estimate of drug-likeness (QED) is 0.0571. The topological polar surface area (TPSA) is 83.6 Å². The molecule has 0 unspecified atom stereocenters. The summed E-state index contributed by atoms with van der Waals surface area (Å²) in [6, 6.07) is 10.7. The molecule has 6 nitrogen and oxygen atoms in total. The van der Waals surface area contributed by atoms with E-state index in [-0.39, 0.29) is 17.5 Å². The third-order valence-electron chi connectivity index (χ3n) is 9.61. The van der Waals surface area contributed by atoms with Crippen molar-refractivity contribution in [3.63, 3.8) is 0 Å². The first-order valence-corrected chi connectivity index (χ1v) is 21.0. The van der Waals surface area contributed by atoms with Gasteiger partial charge in [-0.1, -0.05) is 155 Å². The van der Waals surface area contributed by atoms with Crippen LogP contribution in [0.4, 0.5) is 0 Å². The molecule has 0 aliphatic heterocycles. The first-order valence-electron chi connectivity index (χ1n) is 21.0. The normalized spacial score (nSPS) is 12.3. The first-order chi connectivity index (χ1) is 25.0. The second-order valence-electron chi connectivity index (χ2n) is 14.5. The molecule has 0 aliphatic rings. The van der Waals surface area contributed by atoms with Gasteiger partial charge in [-0.25, -0.2) is 0 Å². The molecule has 51 heavy (non-hydrogen) atoms. The summed E-state index contributed by atoms with van der Waals surface area (Å²) in [6.45, 7) is 8.33. The SMILES string of the molecule is CCCCCCCCCCCCCCOc1ccc(C=NC[C@@H](C)N=Cc2ccc(OCCCCCCCCCCCCCC)cc2O)c(O)c1. The number of rotatable bonds is 33. The van der Waals surface area contributed by atoms with Gasteiger partial charge in [-0.15, -0.1) is 0 Å². The van der Waals surface area contributed by atoms with Gasteiger partial charge in [0.25, 0.3) is 0 Å². The standard InChI is InChI=1S/C45H74N2O4/c1-4-6-8-10-12-14-16-18-20-22-24-26-32-50-42-30-28-40(44(48)34-42)37-46-36-39(3)47-38-41-29-31-43(35-45(41)49)51-33-27-25-23-21-19-17-15-13-11-9-7-5-2/h28-31,34-35,37-39,48-49H,4-27,32-33,36H2,1-3H3/t39-/m1/s1. The molecule has 0 saturated carbocycles. The Bertz CT molecular complexity index is 1180. The number of phenolic OH excluding ortho intramolecular Hbond substituents is 2. The van der Waals surface area contributed by atoms with Gasteiger partial charge in [0.1, 0.15) is 23.0 Å². The lowest BCUT2D eigenvalue weighted by molar-refractivity contribution is 0.302. The second kappa shape index (κ2) is 30.6. The second-order valence-corrected chi connectivity index (χ2v) is 14.5. The molecule has 0 heterocycles. The van der Waals surface area contributed by atoms with E-state index in [9.17, 15) is 10.2 Å². The Morgan fingerprint density at radius 1 is 0.510 bits per heavy atom. The van der Waals surface area contributed by atoms with Gasteiger partial charge in [0, 0.05) is 35.7 Å². The molecular formula is C45H74N2O4. The zero-order chi connectivity index (χ0) is 36.6. The molecule has 0 spiro atoms. The van der Waals surface area contributed by atoms with Gasteiger partial charge in [-0.3, -0.25) is 9.98 Å². The van der Waals surface area contributed by atoms with E-state index in [1.807, 2.05) is 31.2 Å². The lowest BCUT2D eigenvalue weighted by Gasteiger charge is -2.09. The number of aromatic hydroxyl groups is 2. The Balaban J connectivity index is 1.55. The van der Waals surface area contributed by atoms with Crippen LogP contribution in [0, 0.1) is 0 Å². The Hall–Kier alpha value is -3.02. The lowest BCUT2D eigenvalue weighted by atomic mass is 10.1. The molecule has 6 heteroatoms. The highest BCUT2D eigenvalue weighted by Crippen LogP contribution is 2.24. The highest BCUT2D eigenvalue weighted by Gasteiger charge is 2.05. The van der Waals surface area contributed by atoms with Crippen molar-refractivity contribution in [1.29, 1.82) is 0 Å². The van der Waals surface area contributed by atoms with Gasteiger partial charge in [-0.2, -0.15) is 0 Å². The molecular weight excluding hydrogens is 633 g/mol. The average molecular weight is 707 g/mol. The highest BCUT2D eigenvalue weighted by molar-refractivity contribution is 5.84. The van der Waals surface area contributed by atoms with E-state index in [0.717, 1.165) is 12.8 Å². The third kappa shape index (κ3) is 23.2. The fourth-order valence-corrected chi connectivity index (χ4v) is 6.27. The summed E-state index contributed by atoms with van der Waals surface area (Å²) in [4.78, 5) is 9.04. The van der Waals surface area contributed by atoms with Crippen molar-refractivity contribution in [2.75, 3.05) is 19.8 Å². The van der Waals surface area contributed by atoms with Crippen molar-refractivity contribution < 1.29 is 19.7 Å². The van der Waals surface area contributed by atoms with E-state index in [2.05, 4.69) is 23.8 Å². The van der Waals surface area contributed by atoms with Crippen LogP contribution in [-0.2, 0) is 0 Å². The van der Waals surface area contributed by atoms with Gasteiger partial charge >= 0.3 is 0 Å². The van der Waals surface area contributed by atoms with Crippen LogP contribution in [0.15, 0.2) is 46.4 Å². The average Bonchev–Trinajstić information content (AvgIpc) is 3.12. The van der Waals surface area contributed by atoms with Crippen molar-refractivity contribution in [2.45, 2.75) is 181 Å². The fraction of sp³-hybridized carbons (Fsp3) is 0.689. The van der Waals surface area contributed by atoms with Crippen LogP contribution >= 0.6 is 0 Å². The molecule has 0 radical (unpaired) electrons. The molecule has 0 fully saturated rings. The minimum atomic E-state index is -0.0809. The number of phenols is 2. The Morgan fingerprint density at radius 2 is 0.863 bits per heavy atom. The number of unbranched alkanes of at least 4 members (excludes halogenated alkanes) is 22. The summed E-state index contributed by atoms with van der Waals surface area (Å²) in [5.41, 5.74) is 1.31. The molecule has 0 aliphatic carbocycles. The molecule has 288 valence electrons. The molecule has 0 bridgehead atoms. The van der Waals surface area contributed by atoms with E-state index < -0.39 is 0 Å². The lowest BCUT2D eigenvalue weighted by Crippen LogP contribution is -2.04. The smallest absolute Gasteiger partial charge is 0.128 e. The number of nitrogens with zero attached hydrogens (tertiary/aromatic N) is 2. The Kier molecular flexibility index (Phi) is 26.5. The van der Waals surface area contributed by atoms with Crippen LogP contribution in [0.2, 0.25) is 0 Å². The zero-order valence-electron chi connectivity index (χ0n) is 32.9. The number of hydrogen-bond acceptors (Lipinski definition) is 6. The predicted molar refractivity (Wildman–Crippen MR) is 219 cm³/mol. The van der Waals surface area contributed by atoms with E-state index in [0.29, 0.717) is 42.4 Å². The minimum absolute atomic E-state index is 0.0809. The molecule has 0 aromatic heterocycles. The number of aliphatic imine (C=N–C) groups is 2. The van der Waals surface area contributed by atoms with Crippen LogP contribution in [0.5, 0.6) is 23.0 Å². The molecule has 0 saturated heterocycles. The fourth-order valence-electron chi connectivity index (χ4n) is 6.27. The molecule has 2 rings (SSSR count). The predicted octanol–water partition coefficient (Wildman–Crippen LogP) is 13.2. The van der Waals surface area contributed by atoms with Crippen molar-refractivity contribution in [3.05, 3.63) is 47.5 Å². The van der Waals surface area contributed by atoms with Gasteiger partial charge in [0.05, 0.1) is 25.8 Å². The zero-order valence-corrected chi connectivity index (χ0v) is 32.9. The first kappa shape index (κ1) is 44.1. The van der Waals surface area contributed by atoms with E-state index >= 15 is 0 Å². The third-order valence-corrected chi connectivity index (χ3v) is 9.61. The van der Waals surface area contributed by atoms with Crippen LogP contribution in [0.3, 0.4) is 0 Å². The van der Waals surface area contributed by atoms with Crippen molar-refractivity contribution >= 4 is 12.4 Å². The maximum Gasteiger partial charge on any atom is 0.128 e. The molecule has 2 aromatic carbocycles. The van der Waals surface area contributed by atoms with Crippen LogP contribution in [-0.4, -0.2) is 48.4 Å². The molecule has 2 N–H and O–H groups in total. The summed E-state index contributed by atoms with van der Waals surface area (Å²) < 4.78 is 11.7. The van der Waals surface area contributed by atoms with Crippen molar-refractivity contribution in [2.24, 2.45) is 9.98 Å². The summed E-state index contributed by atoms with van der Waals surface area (Å²) in [5, 5.41) is 21.0. The number of benzene rings is 2.